The number of aromatic nitrogens is 1. The first-order valence-corrected chi connectivity index (χ1v) is 11.8. The first kappa shape index (κ1) is 24.0. The molecule has 0 atom stereocenters. The molecule has 0 radical (unpaired) electrons. The number of aryl methyl sites for hydroxylation is 1. The highest BCUT2D eigenvalue weighted by molar-refractivity contribution is 6.14. The van der Waals surface area contributed by atoms with Crippen LogP contribution in [-0.2, 0) is 5.60 Å². The number of carbonyl (C=O) groups excluding carboxylic acids is 1. The van der Waals surface area contributed by atoms with Gasteiger partial charge in [0.05, 0.1) is 22.4 Å². The van der Waals surface area contributed by atoms with E-state index in [1.807, 2.05) is 36.4 Å². The van der Waals surface area contributed by atoms with Crippen molar-refractivity contribution in [3.05, 3.63) is 95.7 Å². The summed E-state index contributed by atoms with van der Waals surface area (Å²) in [5.41, 5.74) is 1.62. The summed E-state index contributed by atoms with van der Waals surface area (Å²) < 4.78 is 40.8. The average molecular weight is 491 g/mol. The number of alkyl halides is 3. The Morgan fingerprint density at radius 2 is 1.53 bits per heavy atom. The Balaban J connectivity index is 1.62. The molecule has 3 aromatic carbocycles. The van der Waals surface area contributed by atoms with E-state index in [0.29, 0.717) is 42.4 Å². The number of piperidine rings is 1. The number of aliphatic hydroxyl groups is 1. The summed E-state index contributed by atoms with van der Waals surface area (Å²) >= 11 is 0. The van der Waals surface area contributed by atoms with Gasteiger partial charge in [-0.15, -0.1) is 0 Å². The van der Waals surface area contributed by atoms with Crippen LogP contribution in [0.15, 0.2) is 78.9 Å². The van der Waals surface area contributed by atoms with Gasteiger partial charge < -0.3 is 10.0 Å². The molecule has 5 rings (SSSR count). The Hall–Kier alpha value is -3.71. The Labute approximate surface area is 207 Å². The molecule has 1 saturated heterocycles. The van der Waals surface area contributed by atoms with Gasteiger partial charge in [0.1, 0.15) is 0 Å². The Bertz CT molecular complexity index is 1410. The van der Waals surface area contributed by atoms with Crippen LogP contribution in [-0.4, -0.2) is 35.1 Å². The molecule has 0 amide bonds. The van der Waals surface area contributed by atoms with E-state index in [9.17, 15) is 23.1 Å². The van der Waals surface area contributed by atoms with E-state index in [0.717, 1.165) is 11.3 Å². The van der Waals surface area contributed by atoms with Crippen molar-refractivity contribution >= 4 is 22.4 Å². The molecule has 1 N–H and O–H groups in total. The highest BCUT2D eigenvalue weighted by Crippen LogP contribution is 2.41. The van der Waals surface area contributed by atoms with Crippen LogP contribution in [0.3, 0.4) is 0 Å². The molecule has 0 spiro atoms. The van der Waals surface area contributed by atoms with Crippen LogP contribution < -0.4 is 4.90 Å². The van der Waals surface area contributed by atoms with Crippen molar-refractivity contribution in [3.8, 4) is 11.1 Å². The van der Waals surface area contributed by atoms with Crippen molar-refractivity contribution in [1.82, 2.24) is 4.98 Å². The fourth-order valence-corrected chi connectivity index (χ4v) is 5.12. The van der Waals surface area contributed by atoms with Crippen LogP contribution in [0, 0.1) is 6.92 Å². The predicted molar refractivity (Wildman–Crippen MR) is 134 cm³/mol. The van der Waals surface area contributed by atoms with Gasteiger partial charge in [0.2, 0.25) is 0 Å². The molecule has 0 bridgehead atoms. The number of fused-ring (bicyclic) bond motifs is 1. The third-order valence-electron chi connectivity index (χ3n) is 6.96. The number of ketones is 1. The standard InChI is InChI=1S/C29H25F3N2O2/c1-19-24(27(35)29(30,31)32)25(20-9-4-2-5-10-20)22-13-8-14-23(26(22)33-19)34-17-15-28(36,16-18-34)21-11-6-3-7-12-21/h2-14,36H,15-18H2,1H3. The zero-order chi connectivity index (χ0) is 25.5. The van der Waals surface area contributed by atoms with Crippen LogP contribution in [0.5, 0.6) is 0 Å². The predicted octanol–water partition coefficient (Wildman–Crippen LogP) is 6.44. The monoisotopic (exact) mass is 490 g/mol. The van der Waals surface area contributed by atoms with Gasteiger partial charge in [-0.25, -0.2) is 0 Å². The van der Waals surface area contributed by atoms with Gasteiger partial charge in [0.15, 0.2) is 0 Å². The van der Waals surface area contributed by atoms with E-state index in [-0.39, 0.29) is 11.3 Å². The van der Waals surface area contributed by atoms with Gasteiger partial charge in [-0.05, 0) is 37.0 Å². The molecule has 1 aromatic heterocycles. The summed E-state index contributed by atoms with van der Waals surface area (Å²) in [6, 6.07) is 23.6. The number of halogens is 3. The van der Waals surface area contributed by atoms with Gasteiger partial charge in [-0.2, -0.15) is 13.2 Å². The summed E-state index contributed by atoms with van der Waals surface area (Å²) in [6.07, 6.45) is -4.01. The van der Waals surface area contributed by atoms with Crippen LogP contribution in [0.4, 0.5) is 18.9 Å². The lowest BCUT2D eigenvalue weighted by atomic mass is 9.84. The van der Waals surface area contributed by atoms with Gasteiger partial charge in [0.25, 0.3) is 5.78 Å². The van der Waals surface area contributed by atoms with Crippen molar-refractivity contribution < 1.29 is 23.1 Å². The second-order valence-corrected chi connectivity index (χ2v) is 9.20. The fraction of sp³-hybridized carbons (Fsp3) is 0.241. The zero-order valence-electron chi connectivity index (χ0n) is 19.7. The Morgan fingerprint density at radius 1 is 0.917 bits per heavy atom. The largest absolute Gasteiger partial charge is 0.454 e. The van der Waals surface area contributed by atoms with Crippen molar-refractivity contribution in [3.63, 3.8) is 0 Å². The van der Waals surface area contributed by atoms with Crippen LogP contribution in [0.25, 0.3) is 22.0 Å². The lowest BCUT2D eigenvalue weighted by Crippen LogP contribution is -2.42. The number of rotatable bonds is 4. The molecule has 0 unspecified atom stereocenters. The molecule has 1 aliphatic heterocycles. The van der Waals surface area contributed by atoms with Crippen molar-refractivity contribution in [2.75, 3.05) is 18.0 Å². The van der Waals surface area contributed by atoms with E-state index in [4.69, 9.17) is 0 Å². The number of nitrogens with zero attached hydrogens (tertiary/aromatic N) is 2. The molecule has 1 fully saturated rings. The van der Waals surface area contributed by atoms with Gasteiger partial charge in [0, 0.05) is 29.7 Å². The number of anilines is 1. The summed E-state index contributed by atoms with van der Waals surface area (Å²) in [7, 11) is 0. The first-order valence-electron chi connectivity index (χ1n) is 11.8. The topological polar surface area (TPSA) is 53.4 Å². The summed E-state index contributed by atoms with van der Waals surface area (Å²) in [5, 5.41) is 11.7. The second kappa shape index (κ2) is 9.06. The van der Waals surface area contributed by atoms with E-state index in [1.165, 1.54) is 6.92 Å². The minimum atomic E-state index is -5.02. The molecule has 36 heavy (non-hydrogen) atoms. The van der Waals surface area contributed by atoms with E-state index in [1.54, 1.807) is 42.5 Å². The molecule has 0 aliphatic carbocycles. The van der Waals surface area contributed by atoms with E-state index >= 15 is 0 Å². The lowest BCUT2D eigenvalue weighted by molar-refractivity contribution is -0.0885. The molecular weight excluding hydrogens is 465 g/mol. The van der Waals surface area contributed by atoms with Crippen LogP contribution >= 0.6 is 0 Å². The number of pyridine rings is 1. The Kier molecular flexibility index (Phi) is 6.04. The van der Waals surface area contributed by atoms with E-state index in [2.05, 4.69) is 9.88 Å². The fourth-order valence-electron chi connectivity index (χ4n) is 5.12. The van der Waals surface area contributed by atoms with Crippen molar-refractivity contribution in [2.24, 2.45) is 0 Å². The smallest absolute Gasteiger partial charge is 0.385 e. The van der Waals surface area contributed by atoms with Crippen molar-refractivity contribution in [2.45, 2.75) is 31.5 Å². The maximum absolute atomic E-state index is 13.6. The minimum Gasteiger partial charge on any atom is -0.385 e. The summed E-state index contributed by atoms with van der Waals surface area (Å²) in [4.78, 5) is 19.2. The summed E-state index contributed by atoms with van der Waals surface area (Å²) in [5.74, 6) is -1.90. The number of hydrogen-bond donors (Lipinski definition) is 1. The lowest BCUT2D eigenvalue weighted by Gasteiger charge is -2.40. The van der Waals surface area contributed by atoms with Gasteiger partial charge in [-0.3, -0.25) is 9.78 Å². The highest BCUT2D eigenvalue weighted by Gasteiger charge is 2.42. The zero-order valence-corrected chi connectivity index (χ0v) is 19.7. The summed E-state index contributed by atoms with van der Waals surface area (Å²) in [6.45, 7) is 2.55. The van der Waals surface area contributed by atoms with E-state index < -0.39 is 23.1 Å². The number of hydrogen-bond acceptors (Lipinski definition) is 4. The third kappa shape index (κ3) is 4.24. The SMILES string of the molecule is Cc1nc2c(N3CCC(O)(c4ccccc4)CC3)cccc2c(-c2ccccc2)c1C(=O)C(F)(F)F. The maximum Gasteiger partial charge on any atom is 0.454 e. The molecule has 4 nitrogen and oxygen atoms in total. The van der Waals surface area contributed by atoms with Crippen LogP contribution in [0.1, 0.15) is 34.5 Å². The van der Waals surface area contributed by atoms with Gasteiger partial charge >= 0.3 is 6.18 Å². The second-order valence-electron chi connectivity index (χ2n) is 9.20. The normalized spacial score (nSPS) is 15.8. The van der Waals surface area contributed by atoms with Crippen LogP contribution in [0.2, 0.25) is 0 Å². The number of Topliss-reactive ketones (excluding diaryl/α,β-unsaturated/α-hetero) is 1. The first-order chi connectivity index (χ1) is 17.2. The molecule has 2 heterocycles. The molecule has 0 saturated carbocycles. The molecule has 1 aliphatic rings. The Morgan fingerprint density at radius 3 is 2.14 bits per heavy atom. The number of benzene rings is 3. The third-order valence-corrected chi connectivity index (χ3v) is 6.96. The molecule has 184 valence electrons. The number of carbonyl (C=O) groups is 1. The van der Waals surface area contributed by atoms with Gasteiger partial charge in [-0.1, -0.05) is 72.8 Å². The minimum absolute atomic E-state index is 0.0360. The van der Waals surface area contributed by atoms with Crippen molar-refractivity contribution in [1.29, 1.82) is 0 Å². The highest BCUT2D eigenvalue weighted by atomic mass is 19.4. The molecule has 7 heteroatoms. The molecule has 4 aromatic rings. The average Bonchev–Trinajstić information content (AvgIpc) is 2.88. The maximum atomic E-state index is 13.6. The molecular formula is C29H25F3N2O2. The quantitative estimate of drug-likeness (QED) is 0.335. The number of para-hydroxylation sites is 1.